The summed E-state index contributed by atoms with van der Waals surface area (Å²) >= 11 is 0. The average molecular weight is 368 g/mol. The number of benzene rings is 3. The summed E-state index contributed by atoms with van der Waals surface area (Å²) in [5.74, 6) is 0.417. The Kier molecular flexibility index (Phi) is 4.72. The van der Waals surface area contributed by atoms with E-state index in [1.165, 1.54) is 5.56 Å². The van der Waals surface area contributed by atoms with Gasteiger partial charge in [0.1, 0.15) is 0 Å². The highest BCUT2D eigenvalue weighted by atomic mass is 16.2. The van der Waals surface area contributed by atoms with Gasteiger partial charge in [-0.05, 0) is 37.6 Å². The lowest BCUT2D eigenvalue weighted by Gasteiger charge is -2.09. The van der Waals surface area contributed by atoms with Crippen LogP contribution in [0.25, 0.3) is 17.1 Å². The van der Waals surface area contributed by atoms with Gasteiger partial charge in [-0.2, -0.15) is 0 Å². The zero-order valence-electron chi connectivity index (χ0n) is 15.8. The van der Waals surface area contributed by atoms with Crippen molar-refractivity contribution < 1.29 is 4.79 Å². The zero-order valence-corrected chi connectivity index (χ0v) is 15.8. The Labute approximate surface area is 163 Å². The minimum Gasteiger partial charge on any atom is -0.319 e. The van der Waals surface area contributed by atoms with Gasteiger partial charge < -0.3 is 5.32 Å². The van der Waals surface area contributed by atoms with Crippen molar-refractivity contribution >= 4 is 11.6 Å². The molecule has 1 N–H and O–H groups in total. The first-order valence-corrected chi connectivity index (χ1v) is 9.08. The molecule has 0 radical (unpaired) electrons. The van der Waals surface area contributed by atoms with Crippen molar-refractivity contribution in [3.63, 3.8) is 0 Å². The number of hydrogen-bond donors (Lipinski definition) is 1. The fourth-order valence-electron chi connectivity index (χ4n) is 3.10. The molecule has 3 aromatic carbocycles. The molecule has 5 nitrogen and oxygen atoms in total. The monoisotopic (exact) mass is 368 g/mol. The van der Waals surface area contributed by atoms with E-state index in [9.17, 15) is 4.79 Å². The molecule has 0 bridgehead atoms. The SMILES string of the molecule is Cc1ccc(-n2nc(C(=O)Nc3ccccc3)nc2-c2ccccc2)c(C)c1. The number of nitrogens with one attached hydrogen (secondary N) is 1. The fraction of sp³-hybridized carbons (Fsp3) is 0.0870. The van der Waals surface area contributed by atoms with E-state index in [1.54, 1.807) is 4.68 Å². The lowest BCUT2D eigenvalue weighted by Crippen LogP contribution is -2.14. The first kappa shape index (κ1) is 17.7. The maximum absolute atomic E-state index is 12.7. The van der Waals surface area contributed by atoms with Gasteiger partial charge in [-0.1, -0.05) is 66.2 Å². The molecule has 1 aromatic heterocycles. The van der Waals surface area contributed by atoms with Gasteiger partial charge in [0.2, 0.25) is 5.82 Å². The Balaban J connectivity index is 1.79. The molecule has 0 atom stereocenters. The number of para-hydroxylation sites is 1. The molecule has 4 rings (SSSR count). The van der Waals surface area contributed by atoms with Crippen LogP contribution in [0.5, 0.6) is 0 Å². The largest absolute Gasteiger partial charge is 0.319 e. The topological polar surface area (TPSA) is 59.8 Å². The summed E-state index contributed by atoms with van der Waals surface area (Å²) in [5.41, 5.74) is 4.74. The Hall–Kier alpha value is -3.73. The van der Waals surface area contributed by atoms with E-state index in [0.717, 1.165) is 16.8 Å². The second-order valence-corrected chi connectivity index (χ2v) is 6.65. The number of hydrogen-bond acceptors (Lipinski definition) is 3. The van der Waals surface area contributed by atoms with Crippen LogP contribution in [0.4, 0.5) is 5.69 Å². The molecule has 0 saturated carbocycles. The molecule has 1 heterocycles. The third-order valence-corrected chi connectivity index (χ3v) is 4.45. The fourth-order valence-corrected chi connectivity index (χ4v) is 3.10. The summed E-state index contributed by atoms with van der Waals surface area (Å²) in [4.78, 5) is 17.3. The maximum atomic E-state index is 12.7. The van der Waals surface area contributed by atoms with Crippen molar-refractivity contribution in [2.24, 2.45) is 0 Å². The smallest absolute Gasteiger partial charge is 0.295 e. The van der Waals surface area contributed by atoms with Crippen LogP contribution in [0, 0.1) is 13.8 Å². The Morgan fingerprint density at radius 1 is 0.893 bits per heavy atom. The van der Waals surface area contributed by atoms with Crippen LogP contribution in [-0.2, 0) is 0 Å². The van der Waals surface area contributed by atoms with Crippen LogP contribution in [-0.4, -0.2) is 20.7 Å². The molecule has 138 valence electrons. The Morgan fingerprint density at radius 3 is 2.25 bits per heavy atom. The predicted molar refractivity (Wildman–Crippen MR) is 111 cm³/mol. The lowest BCUT2D eigenvalue weighted by molar-refractivity contribution is 0.101. The third-order valence-electron chi connectivity index (χ3n) is 4.45. The molecular weight excluding hydrogens is 348 g/mol. The van der Waals surface area contributed by atoms with Crippen molar-refractivity contribution in [2.45, 2.75) is 13.8 Å². The third kappa shape index (κ3) is 3.55. The average Bonchev–Trinajstić information content (AvgIpc) is 3.15. The maximum Gasteiger partial charge on any atom is 0.295 e. The number of rotatable bonds is 4. The van der Waals surface area contributed by atoms with Crippen molar-refractivity contribution in [3.05, 3.63) is 95.8 Å². The molecule has 0 aliphatic rings. The summed E-state index contributed by atoms with van der Waals surface area (Å²) in [5, 5.41) is 7.39. The number of aromatic nitrogens is 3. The van der Waals surface area contributed by atoms with Crippen molar-refractivity contribution in [3.8, 4) is 17.1 Å². The molecule has 4 aromatic rings. The van der Waals surface area contributed by atoms with E-state index in [4.69, 9.17) is 0 Å². The van der Waals surface area contributed by atoms with Gasteiger partial charge in [0.15, 0.2) is 5.82 Å². The highest BCUT2D eigenvalue weighted by Gasteiger charge is 2.19. The number of aryl methyl sites for hydroxylation is 2. The van der Waals surface area contributed by atoms with Gasteiger partial charge in [-0.3, -0.25) is 4.79 Å². The van der Waals surface area contributed by atoms with E-state index >= 15 is 0 Å². The molecule has 0 aliphatic carbocycles. The van der Waals surface area contributed by atoms with E-state index in [2.05, 4.69) is 28.4 Å². The molecule has 0 fully saturated rings. The summed E-state index contributed by atoms with van der Waals surface area (Å²) in [7, 11) is 0. The standard InChI is InChI=1S/C23H20N4O/c1-16-13-14-20(17(2)15-16)27-22(18-9-5-3-6-10-18)25-21(26-27)23(28)24-19-11-7-4-8-12-19/h3-15H,1-2H3,(H,24,28). The number of carbonyl (C=O) groups is 1. The van der Waals surface area contributed by atoms with E-state index in [1.807, 2.05) is 79.7 Å². The summed E-state index contributed by atoms with van der Waals surface area (Å²) in [6.45, 7) is 4.08. The normalized spacial score (nSPS) is 10.6. The quantitative estimate of drug-likeness (QED) is 0.563. The molecule has 0 spiro atoms. The Bertz CT molecular complexity index is 1120. The number of nitrogens with zero attached hydrogens (tertiary/aromatic N) is 3. The molecule has 28 heavy (non-hydrogen) atoms. The molecule has 5 heteroatoms. The highest BCUT2D eigenvalue weighted by molar-refractivity contribution is 6.01. The van der Waals surface area contributed by atoms with Crippen LogP contribution in [0.15, 0.2) is 78.9 Å². The lowest BCUT2D eigenvalue weighted by atomic mass is 10.1. The van der Waals surface area contributed by atoms with Crippen molar-refractivity contribution in [1.82, 2.24) is 14.8 Å². The summed E-state index contributed by atoms with van der Waals surface area (Å²) in [6.07, 6.45) is 0. The van der Waals surface area contributed by atoms with E-state index in [-0.39, 0.29) is 11.7 Å². The molecule has 1 amide bonds. The zero-order chi connectivity index (χ0) is 19.5. The first-order chi connectivity index (χ1) is 13.6. The van der Waals surface area contributed by atoms with Gasteiger partial charge in [-0.25, -0.2) is 9.67 Å². The number of anilines is 1. The van der Waals surface area contributed by atoms with Crippen LogP contribution in [0.2, 0.25) is 0 Å². The number of carbonyl (C=O) groups excluding carboxylic acids is 1. The second kappa shape index (κ2) is 7.48. The van der Waals surface area contributed by atoms with Gasteiger partial charge >= 0.3 is 0 Å². The predicted octanol–water partition coefficient (Wildman–Crippen LogP) is 4.80. The van der Waals surface area contributed by atoms with Crippen molar-refractivity contribution in [1.29, 1.82) is 0 Å². The van der Waals surface area contributed by atoms with Gasteiger partial charge in [0.25, 0.3) is 5.91 Å². The van der Waals surface area contributed by atoms with Gasteiger partial charge in [0, 0.05) is 11.3 Å². The first-order valence-electron chi connectivity index (χ1n) is 9.08. The van der Waals surface area contributed by atoms with Crippen LogP contribution in [0.3, 0.4) is 0 Å². The molecule has 0 unspecified atom stereocenters. The van der Waals surface area contributed by atoms with Gasteiger partial charge in [-0.15, -0.1) is 5.10 Å². The van der Waals surface area contributed by atoms with Crippen LogP contribution >= 0.6 is 0 Å². The number of amides is 1. The van der Waals surface area contributed by atoms with E-state index < -0.39 is 0 Å². The minimum absolute atomic E-state index is 0.127. The van der Waals surface area contributed by atoms with Crippen LogP contribution in [0.1, 0.15) is 21.7 Å². The molecule has 0 saturated heterocycles. The van der Waals surface area contributed by atoms with Crippen molar-refractivity contribution in [2.75, 3.05) is 5.32 Å². The molecule has 0 aliphatic heterocycles. The second-order valence-electron chi connectivity index (χ2n) is 6.65. The Morgan fingerprint density at radius 2 is 1.57 bits per heavy atom. The summed E-state index contributed by atoms with van der Waals surface area (Å²) < 4.78 is 1.74. The minimum atomic E-state index is -0.341. The summed E-state index contributed by atoms with van der Waals surface area (Å²) in [6, 6.07) is 25.2. The highest BCUT2D eigenvalue weighted by Crippen LogP contribution is 2.24. The van der Waals surface area contributed by atoms with Crippen LogP contribution < -0.4 is 5.32 Å². The van der Waals surface area contributed by atoms with E-state index in [0.29, 0.717) is 11.5 Å². The molecular formula is C23H20N4O. The van der Waals surface area contributed by atoms with Gasteiger partial charge in [0.05, 0.1) is 5.69 Å².